The van der Waals surface area contributed by atoms with Crippen LogP contribution >= 0.6 is 12.4 Å². The van der Waals surface area contributed by atoms with Crippen LogP contribution < -0.4 is 16.4 Å². The van der Waals surface area contributed by atoms with Crippen molar-refractivity contribution in [2.45, 2.75) is 12.4 Å². The number of nitrogens with two attached hydrogens (primary N) is 1. The van der Waals surface area contributed by atoms with Crippen molar-refractivity contribution in [1.29, 1.82) is 5.41 Å². The van der Waals surface area contributed by atoms with Crippen molar-refractivity contribution in [2.24, 2.45) is 5.73 Å². The smallest absolute Gasteiger partial charge is 0.370 e. The van der Waals surface area contributed by atoms with E-state index >= 15 is 0 Å². The fourth-order valence-electron chi connectivity index (χ4n) is 3.01. The Kier molecular flexibility index (Phi) is 9.10. The average Bonchev–Trinajstić information content (AvgIpc) is 2.81. The second kappa shape index (κ2) is 11.7. The first kappa shape index (κ1) is 29.7. The molecule has 0 unspecified atom stereocenters. The van der Waals surface area contributed by atoms with E-state index in [4.69, 9.17) is 11.1 Å². The first-order valence-electron chi connectivity index (χ1n) is 10.1. The summed E-state index contributed by atoms with van der Waals surface area (Å²) < 4.78 is 80.4. The summed E-state index contributed by atoms with van der Waals surface area (Å²) in [4.78, 5) is 28.4. The number of alkyl halides is 6. The van der Waals surface area contributed by atoms with E-state index in [-0.39, 0.29) is 29.4 Å². The fourth-order valence-corrected chi connectivity index (χ4v) is 3.01. The van der Waals surface area contributed by atoms with Crippen LogP contribution in [0, 0.1) is 17.3 Å². The highest BCUT2D eigenvalue weighted by Gasteiger charge is 2.35. The Morgan fingerprint density at radius 3 is 2.13 bits per heavy atom. The van der Waals surface area contributed by atoms with Crippen LogP contribution in [0.2, 0.25) is 0 Å². The molecule has 0 spiro atoms. The molecule has 0 aliphatic rings. The van der Waals surface area contributed by atoms with Gasteiger partial charge in [0.05, 0.1) is 16.7 Å². The maximum absolute atomic E-state index is 13.5. The number of benzene rings is 2. The van der Waals surface area contributed by atoms with Crippen molar-refractivity contribution in [3.8, 4) is 11.8 Å². The highest BCUT2D eigenvalue weighted by Crippen LogP contribution is 2.33. The summed E-state index contributed by atoms with van der Waals surface area (Å²) >= 11 is 0. The van der Waals surface area contributed by atoms with Crippen molar-refractivity contribution >= 4 is 36.0 Å². The van der Waals surface area contributed by atoms with Crippen molar-refractivity contribution in [1.82, 2.24) is 10.3 Å². The van der Waals surface area contributed by atoms with Crippen molar-refractivity contribution in [3.63, 3.8) is 0 Å². The zero-order chi connectivity index (χ0) is 27.4. The highest BCUT2D eigenvalue weighted by molar-refractivity contribution is 6.05. The van der Waals surface area contributed by atoms with Crippen LogP contribution in [0.4, 0.5) is 32.2 Å². The molecule has 1 heterocycles. The first-order chi connectivity index (χ1) is 17.2. The van der Waals surface area contributed by atoms with Gasteiger partial charge in [0.25, 0.3) is 11.8 Å². The summed E-state index contributed by atoms with van der Waals surface area (Å²) in [5, 5.41) is 11.1. The maximum Gasteiger partial charge on any atom is 0.417 e. The van der Waals surface area contributed by atoms with Gasteiger partial charge in [0, 0.05) is 22.9 Å². The van der Waals surface area contributed by atoms with Crippen molar-refractivity contribution in [3.05, 3.63) is 94.2 Å². The molecule has 14 heteroatoms. The highest BCUT2D eigenvalue weighted by atomic mass is 35.5. The first-order valence-corrected chi connectivity index (χ1v) is 10.1. The minimum atomic E-state index is -4.89. The lowest BCUT2D eigenvalue weighted by Crippen LogP contribution is -2.35. The number of nitrogens with zero attached hydrogens (tertiary/aromatic N) is 1. The molecule has 0 radical (unpaired) electrons. The lowest BCUT2D eigenvalue weighted by molar-refractivity contribution is -0.138. The number of aromatic nitrogens is 1. The summed E-state index contributed by atoms with van der Waals surface area (Å²) in [5.41, 5.74) is 0.853. The van der Waals surface area contributed by atoms with Crippen LogP contribution in [-0.2, 0) is 12.4 Å². The van der Waals surface area contributed by atoms with Crippen LogP contribution in [0.15, 0.2) is 60.8 Å². The average molecular weight is 556 g/mol. The molecular formula is C24H16ClF6N5O2. The zero-order valence-corrected chi connectivity index (χ0v) is 19.6. The van der Waals surface area contributed by atoms with Gasteiger partial charge in [-0.15, -0.1) is 12.4 Å². The molecule has 0 saturated heterocycles. The number of carbonyl (C=O) groups excluding carboxylic acids is 2. The van der Waals surface area contributed by atoms with Gasteiger partial charge < -0.3 is 11.1 Å². The van der Waals surface area contributed by atoms with E-state index < -0.39 is 52.4 Å². The monoisotopic (exact) mass is 555 g/mol. The molecule has 2 aromatic carbocycles. The van der Waals surface area contributed by atoms with E-state index in [1.54, 1.807) is 0 Å². The Labute approximate surface area is 217 Å². The number of anilines is 1. The minimum Gasteiger partial charge on any atom is -0.370 e. The number of rotatable bonds is 3. The predicted molar refractivity (Wildman–Crippen MR) is 128 cm³/mol. The third-order valence-electron chi connectivity index (χ3n) is 4.60. The molecule has 0 aliphatic carbocycles. The molecule has 0 fully saturated rings. The molecule has 38 heavy (non-hydrogen) atoms. The van der Waals surface area contributed by atoms with Crippen LogP contribution in [0.3, 0.4) is 0 Å². The van der Waals surface area contributed by atoms with Gasteiger partial charge in [-0.2, -0.15) is 26.3 Å². The summed E-state index contributed by atoms with van der Waals surface area (Å²) in [6, 6.07) is 8.97. The number of hydrogen-bond donors (Lipinski definition) is 4. The SMILES string of the molecule is Cl.N=C(N)NC(=O)c1cc(C#Cc2ccc(C(F)(F)F)c(C(=O)Nc3ccccn3)c2)cc(C(F)(F)F)c1. The molecule has 0 saturated carbocycles. The number of hydrogen-bond acceptors (Lipinski definition) is 4. The van der Waals surface area contributed by atoms with E-state index in [9.17, 15) is 35.9 Å². The van der Waals surface area contributed by atoms with E-state index in [0.717, 1.165) is 18.2 Å². The Bertz CT molecular complexity index is 1430. The number of pyridine rings is 1. The number of halogens is 7. The molecule has 0 bridgehead atoms. The van der Waals surface area contributed by atoms with Gasteiger partial charge in [0.1, 0.15) is 5.82 Å². The van der Waals surface area contributed by atoms with Crippen molar-refractivity contribution in [2.75, 3.05) is 5.32 Å². The predicted octanol–water partition coefficient (Wildman–Crippen LogP) is 4.82. The molecule has 3 rings (SSSR count). The van der Waals surface area contributed by atoms with Crippen LogP contribution in [0.1, 0.15) is 43.0 Å². The van der Waals surface area contributed by atoms with Gasteiger partial charge in [-0.1, -0.05) is 17.9 Å². The number of guanidine groups is 1. The lowest BCUT2D eigenvalue weighted by atomic mass is 10.0. The van der Waals surface area contributed by atoms with Gasteiger partial charge in [0.2, 0.25) is 0 Å². The fraction of sp³-hybridized carbons (Fsp3) is 0.0833. The lowest BCUT2D eigenvalue weighted by Gasteiger charge is -2.13. The molecule has 5 N–H and O–H groups in total. The summed E-state index contributed by atoms with van der Waals surface area (Å²) in [5.74, 6) is 1.74. The van der Waals surface area contributed by atoms with E-state index in [0.29, 0.717) is 18.2 Å². The van der Waals surface area contributed by atoms with Gasteiger partial charge in [0.15, 0.2) is 5.96 Å². The van der Waals surface area contributed by atoms with Crippen LogP contribution in [0.5, 0.6) is 0 Å². The van der Waals surface area contributed by atoms with Gasteiger partial charge in [-0.05, 0) is 48.5 Å². The molecule has 2 amide bonds. The third kappa shape index (κ3) is 7.71. The van der Waals surface area contributed by atoms with Gasteiger partial charge >= 0.3 is 12.4 Å². The number of amides is 2. The molecule has 7 nitrogen and oxygen atoms in total. The number of nitrogens with one attached hydrogen (secondary N) is 3. The largest absolute Gasteiger partial charge is 0.417 e. The quantitative estimate of drug-likeness (QED) is 0.160. The van der Waals surface area contributed by atoms with Crippen LogP contribution in [-0.4, -0.2) is 22.8 Å². The van der Waals surface area contributed by atoms with E-state index in [2.05, 4.69) is 22.1 Å². The second-order valence-electron chi connectivity index (χ2n) is 7.34. The van der Waals surface area contributed by atoms with Gasteiger partial charge in [-0.3, -0.25) is 20.3 Å². The molecule has 0 atom stereocenters. The summed E-state index contributed by atoms with van der Waals surface area (Å²) in [6.45, 7) is 0. The Morgan fingerprint density at radius 1 is 0.868 bits per heavy atom. The molecule has 3 aromatic rings. The van der Waals surface area contributed by atoms with E-state index in [1.165, 1.54) is 24.4 Å². The Balaban J connectivity index is 0.00000507. The number of carbonyl (C=O) groups is 2. The topological polar surface area (TPSA) is 121 Å². The standard InChI is InChI=1S/C24H15F6N5O2.ClH/c25-23(26,27)16-10-14(9-15(12-16)20(36)35-22(31)32)5-4-13-6-7-18(24(28,29)30)17(11-13)21(37)34-19-3-1-2-8-33-19;/h1-3,6-12H,(H,33,34,37)(H4,31,32,35,36);1H. The maximum atomic E-state index is 13.5. The van der Waals surface area contributed by atoms with E-state index in [1.807, 2.05) is 5.32 Å². The molecule has 1 aromatic heterocycles. The Hall–Kier alpha value is -4.57. The van der Waals surface area contributed by atoms with Crippen LogP contribution in [0.25, 0.3) is 0 Å². The Morgan fingerprint density at radius 2 is 1.55 bits per heavy atom. The summed E-state index contributed by atoms with van der Waals surface area (Å²) in [7, 11) is 0. The summed E-state index contributed by atoms with van der Waals surface area (Å²) in [6.07, 6.45) is -8.42. The minimum absolute atomic E-state index is 0. The second-order valence-corrected chi connectivity index (χ2v) is 7.34. The van der Waals surface area contributed by atoms with Crippen molar-refractivity contribution < 1.29 is 35.9 Å². The molecule has 198 valence electrons. The zero-order valence-electron chi connectivity index (χ0n) is 18.8. The van der Waals surface area contributed by atoms with Gasteiger partial charge in [-0.25, -0.2) is 4.98 Å². The third-order valence-corrected chi connectivity index (χ3v) is 4.60. The molecular weight excluding hydrogens is 540 g/mol. The molecule has 0 aliphatic heterocycles. The normalized spacial score (nSPS) is 10.9.